The molecule has 0 atom stereocenters. The highest BCUT2D eigenvalue weighted by molar-refractivity contribution is 6.08. The zero-order chi connectivity index (χ0) is 21.5. The Morgan fingerprint density at radius 2 is 1.35 bits per heavy atom. The highest BCUT2D eigenvalue weighted by atomic mass is 16.2. The fourth-order valence-electron chi connectivity index (χ4n) is 3.69. The molecule has 3 aromatic rings. The number of benzene rings is 3. The molecule has 1 fully saturated rings. The van der Waals surface area contributed by atoms with Crippen LogP contribution in [-0.2, 0) is 4.79 Å². The van der Waals surface area contributed by atoms with E-state index >= 15 is 0 Å². The Hall–Kier alpha value is -3.80. The van der Waals surface area contributed by atoms with Gasteiger partial charge in [-0.15, -0.1) is 0 Å². The summed E-state index contributed by atoms with van der Waals surface area (Å²) in [5.74, 6) is -0.177. The maximum Gasteiger partial charge on any atom is 0.257 e. The Kier molecular flexibility index (Phi) is 6.47. The smallest absolute Gasteiger partial charge is 0.257 e. The van der Waals surface area contributed by atoms with Crippen LogP contribution < -0.4 is 15.5 Å². The van der Waals surface area contributed by atoms with Gasteiger partial charge in [0.15, 0.2) is 0 Å². The number of amides is 2. The molecule has 31 heavy (non-hydrogen) atoms. The molecule has 1 aliphatic heterocycles. The average Bonchev–Trinajstić information content (AvgIpc) is 2.84. The lowest BCUT2D eigenvalue weighted by atomic mass is 10.1. The fraction of sp³-hybridized carbons (Fsp3) is 0.200. The van der Waals surface area contributed by atoms with Crippen molar-refractivity contribution < 1.29 is 9.59 Å². The molecule has 0 spiro atoms. The molecule has 0 radical (unpaired) electrons. The van der Waals surface area contributed by atoms with Crippen LogP contribution in [0.2, 0.25) is 0 Å². The van der Waals surface area contributed by atoms with Crippen LogP contribution in [0.15, 0.2) is 84.9 Å². The molecule has 1 heterocycles. The zero-order valence-corrected chi connectivity index (χ0v) is 17.3. The average molecular weight is 415 g/mol. The van der Waals surface area contributed by atoms with Crippen LogP contribution in [0.5, 0.6) is 0 Å². The number of hydrogen-bond donors (Lipinski definition) is 2. The standard InChI is InChI=1S/C25H26N4O2/c30-24(29-17-15-28(16-18-29)21-11-5-2-6-12-21)19-26-23-14-8-7-13-22(23)25(31)27-20-9-3-1-4-10-20/h1-14,26H,15-19H2,(H,27,31). The second kappa shape index (κ2) is 9.80. The van der Waals surface area contributed by atoms with E-state index in [-0.39, 0.29) is 18.4 Å². The van der Waals surface area contributed by atoms with Crippen LogP contribution in [0.25, 0.3) is 0 Å². The van der Waals surface area contributed by atoms with E-state index < -0.39 is 0 Å². The van der Waals surface area contributed by atoms with Gasteiger partial charge in [0.1, 0.15) is 0 Å². The summed E-state index contributed by atoms with van der Waals surface area (Å²) in [5.41, 5.74) is 3.07. The van der Waals surface area contributed by atoms with Gasteiger partial charge in [0.05, 0.1) is 12.1 Å². The van der Waals surface area contributed by atoms with E-state index in [2.05, 4.69) is 27.7 Å². The lowest BCUT2D eigenvalue weighted by Gasteiger charge is -2.36. The van der Waals surface area contributed by atoms with E-state index in [1.165, 1.54) is 5.69 Å². The Morgan fingerprint density at radius 3 is 2.06 bits per heavy atom. The van der Waals surface area contributed by atoms with Gasteiger partial charge in [0.25, 0.3) is 5.91 Å². The van der Waals surface area contributed by atoms with Gasteiger partial charge in [0, 0.05) is 43.2 Å². The fourth-order valence-corrected chi connectivity index (χ4v) is 3.69. The molecule has 1 saturated heterocycles. The summed E-state index contributed by atoms with van der Waals surface area (Å²) in [6.07, 6.45) is 0. The summed E-state index contributed by atoms with van der Waals surface area (Å²) in [7, 11) is 0. The lowest BCUT2D eigenvalue weighted by Crippen LogP contribution is -2.50. The maximum absolute atomic E-state index is 12.7. The number of para-hydroxylation sites is 3. The minimum atomic E-state index is -0.210. The first-order valence-corrected chi connectivity index (χ1v) is 10.5. The van der Waals surface area contributed by atoms with Crippen LogP contribution in [0.3, 0.4) is 0 Å². The SMILES string of the molecule is O=C(Nc1ccccc1)c1ccccc1NCC(=O)N1CCN(c2ccccc2)CC1. The summed E-state index contributed by atoms with van der Waals surface area (Å²) in [5, 5.41) is 6.04. The van der Waals surface area contributed by atoms with Gasteiger partial charge in [-0.1, -0.05) is 48.5 Å². The normalized spacial score (nSPS) is 13.5. The summed E-state index contributed by atoms with van der Waals surface area (Å²) < 4.78 is 0. The van der Waals surface area contributed by atoms with E-state index in [4.69, 9.17) is 0 Å². The third kappa shape index (κ3) is 5.22. The van der Waals surface area contributed by atoms with Crippen molar-refractivity contribution in [2.45, 2.75) is 0 Å². The molecule has 2 amide bonds. The lowest BCUT2D eigenvalue weighted by molar-refractivity contribution is -0.129. The predicted octanol–water partition coefficient (Wildman–Crippen LogP) is 3.70. The number of carbonyl (C=O) groups is 2. The Morgan fingerprint density at radius 1 is 0.742 bits per heavy atom. The summed E-state index contributed by atoms with van der Waals surface area (Å²) in [6, 6.07) is 26.8. The van der Waals surface area contributed by atoms with Crippen molar-refractivity contribution in [3.05, 3.63) is 90.5 Å². The summed E-state index contributed by atoms with van der Waals surface area (Å²) in [6.45, 7) is 3.15. The third-order valence-corrected chi connectivity index (χ3v) is 5.39. The van der Waals surface area contributed by atoms with E-state index in [0.717, 1.165) is 18.8 Å². The first-order chi connectivity index (χ1) is 15.2. The van der Waals surface area contributed by atoms with Crippen molar-refractivity contribution >= 4 is 28.9 Å². The molecule has 6 nitrogen and oxygen atoms in total. The molecule has 6 heteroatoms. The van der Waals surface area contributed by atoms with Gasteiger partial charge in [-0.25, -0.2) is 0 Å². The van der Waals surface area contributed by atoms with Crippen molar-refractivity contribution in [2.75, 3.05) is 48.3 Å². The molecule has 0 unspecified atom stereocenters. The molecule has 158 valence electrons. The minimum Gasteiger partial charge on any atom is -0.376 e. The van der Waals surface area contributed by atoms with Crippen molar-refractivity contribution in [1.82, 2.24) is 4.90 Å². The number of piperazine rings is 1. The molecule has 0 saturated carbocycles. The number of carbonyl (C=O) groups excluding carboxylic acids is 2. The highest BCUT2D eigenvalue weighted by Gasteiger charge is 2.21. The third-order valence-electron chi connectivity index (χ3n) is 5.39. The zero-order valence-electron chi connectivity index (χ0n) is 17.3. The van der Waals surface area contributed by atoms with Crippen molar-refractivity contribution in [1.29, 1.82) is 0 Å². The summed E-state index contributed by atoms with van der Waals surface area (Å²) in [4.78, 5) is 29.6. The van der Waals surface area contributed by atoms with E-state index in [0.29, 0.717) is 24.3 Å². The molecular formula is C25H26N4O2. The Bertz CT molecular complexity index is 1020. The number of rotatable bonds is 6. The highest BCUT2D eigenvalue weighted by Crippen LogP contribution is 2.18. The van der Waals surface area contributed by atoms with Crippen molar-refractivity contribution in [3.8, 4) is 0 Å². The van der Waals surface area contributed by atoms with Crippen LogP contribution in [0.1, 0.15) is 10.4 Å². The van der Waals surface area contributed by atoms with Gasteiger partial charge >= 0.3 is 0 Å². The molecule has 0 aliphatic carbocycles. The topological polar surface area (TPSA) is 64.7 Å². The number of anilines is 3. The Balaban J connectivity index is 1.32. The van der Waals surface area contributed by atoms with E-state index in [9.17, 15) is 9.59 Å². The molecule has 3 aromatic carbocycles. The second-order valence-electron chi connectivity index (χ2n) is 7.42. The largest absolute Gasteiger partial charge is 0.376 e. The van der Waals surface area contributed by atoms with Crippen LogP contribution >= 0.6 is 0 Å². The first-order valence-electron chi connectivity index (χ1n) is 10.5. The van der Waals surface area contributed by atoms with Crippen LogP contribution in [0, 0.1) is 0 Å². The summed E-state index contributed by atoms with van der Waals surface area (Å²) >= 11 is 0. The molecule has 0 aromatic heterocycles. The minimum absolute atomic E-state index is 0.0333. The van der Waals surface area contributed by atoms with Crippen LogP contribution in [0.4, 0.5) is 17.1 Å². The number of nitrogens with zero attached hydrogens (tertiary/aromatic N) is 2. The molecule has 1 aliphatic rings. The van der Waals surface area contributed by atoms with E-state index in [1.54, 1.807) is 6.07 Å². The molecule has 4 rings (SSSR count). The second-order valence-corrected chi connectivity index (χ2v) is 7.42. The maximum atomic E-state index is 12.7. The van der Waals surface area contributed by atoms with Gasteiger partial charge in [-0.3, -0.25) is 9.59 Å². The Labute approximate surface area is 182 Å². The van der Waals surface area contributed by atoms with Gasteiger partial charge in [-0.05, 0) is 36.4 Å². The van der Waals surface area contributed by atoms with Gasteiger partial charge in [0.2, 0.25) is 5.91 Å². The number of nitrogens with one attached hydrogen (secondary N) is 2. The molecular weight excluding hydrogens is 388 g/mol. The monoisotopic (exact) mass is 414 g/mol. The number of hydrogen-bond acceptors (Lipinski definition) is 4. The van der Waals surface area contributed by atoms with Gasteiger partial charge in [-0.2, -0.15) is 0 Å². The first kappa shape index (κ1) is 20.5. The van der Waals surface area contributed by atoms with Crippen molar-refractivity contribution in [2.24, 2.45) is 0 Å². The quantitative estimate of drug-likeness (QED) is 0.646. The van der Waals surface area contributed by atoms with Gasteiger partial charge < -0.3 is 20.4 Å². The molecule has 0 bridgehead atoms. The van der Waals surface area contributed by atoms with E-state index in [1.807, 2.05) is 71.6 Å². The van der Waals surface area contributed by atoms with Crippen molar-refractivity contribution in [3.63, 3.8) is 0 Å². The van der Waals surface area contributed by atoms with Crippen LogP contribution in [-0.4, -0.2) is 49.4 Å². The molecule has 2 N–H and O–H groups in total. The predicted molar refractivity (Wildman–Crippen MR) is 125 cm³/mol.